The molecule has 8 heteroatoms. The second kappa shape index (κ2) is 7.83. The molecule has 7 nitrogen and oxygen atoms in total. The molecule has 28 heavy (non-hydrogen) atoms. The minimum Gasteiger partial charge on any atom is -0.333 e. The second-order valence-electron chi connectivity index (χ2n) is 7.56. The van der Waals surface area contributed by atoms with Crippen molar-refractivity contribution in [2.24, 2.45) is 0 Å². The molecular formula is C20H23N5O2S. The van der Waals surface area contributed by atoms with Gasteiger partial charge < -0.3 is 10.2 Å². The Morgan fingerprint density at radius 3 is 2.39 bits per heavy atom. The third-order valence-corrected chi connectivity index (χ3v) is 5.60. The van der Waals surface area contributed by atoms with Crippen molar-refractivity contribution in [1.29, 1.82) is 0 Å². The number of para-hydroxylation sites is 1. The zero-order chi connectivity index (χ0) is 19.6. The maximum Gasteiger partial charge on any atom is 0.264 e. The number of rotatable bonds is 4. The summed E-state index contributed by atoms with van der Waals surface area (Å²) in [5.41, 5.74) is 1.01. The average molecular weight is 398 g/mol. The third-order valence-electron chi connectivity index (χ3n) is 5.24. The van der Waals surface area contributed by atoms with Gasteiger partial charge in [0.15, 0.2) is 5.11 Å². The van der Waals surface area contributed by atoms with Gasteiger partial charge in [0, 0.05) is 17.2 Å². The molecule has 0 spiro atoms. The molecule has 2 aliphatic rings. The Kier molecular flexibility index (Phi) is 5.25. The number of benzene rings is 2. The number of nitro groups is 1. The summed E-state index contributed by atoms with van der Waals surface area (Å²) in [5, 5.41) is 15.8. The zero-order valence-corrected chi connectivity index (χ0v) is 16.3. The minimum absolute atomic E-state index is 0.117. The van der Waals surface area contributed by atoms with E-state index in [1.165, 1.54) is 5.56 Å². The van der Waals surface area contributed by atoms with Crippen LogP contribution in [0.5, 0.6) is 0 Å². The molecule has 0 saturated carbocycles. The molecule has 2 aliphatic heterocycles. The fraction of sp³-hybridized carbons (Fsp3) is 0.350. The standard InChI is InChI=1S/C20H23N5O2S/c26-25(27)20-12-22(11-17-7-3-1-4-8-17)15-23(13-20)16-24(14-20)19(28)21-18-9-5-2-6-10-18/h1-10H,11-16H2,(H,21,28)/t20-/m0/s1. The fourth-order valence-electron chi connectivity index (χ4n) is 4.09. The highest BCUT2D eigenvalue weighted by atomic mass is 32.1. The highest BCUT2D eigenvalue weighted by molar-refractivity contribution is 7.80. The summed E-state index contributed by atoms with van der Waals surface area (Å²) in [4.78, 5) is 18.1. The van der Waals surface area contributed by atoms with Crippen LogP contribution in [0.25, 0.3) is 0 Å². The first-order chi connectivity index (χ1) is 13.5. The maximum atomic E-state index is 12.1. The zero-order valence-electron chi connectivity index (χ0n) is 15.5. The Hall–Kier alpha value is -2.55. The van der Waals surface area contributed by atoms with E-state index in [9.17, 15) is 10.1 Å². The Balaban J connectivity index is 1.48. The smallest absolute Gasteiger partial charge is 0.264 e. The number of fused-ring (bicyclic) bond motifs is 2. The first kappa shape index (κ1) is 18.8. The van der Waals surface area contributed by atoms with Gasteiger partial charge in [-0.05, 0) is 29.9 Å². The number of hydrogen-bond acceptors (Lipinski definition) is 5. The van der Waals surface area contributed by atoms with Crippen LogP contribution in [0.2, 0.25) is 0 Å². The molecule has 2 aromatic rings. The molecule has 2 saturated heterocycles. The monoisotopic (exact) mass is 397 g/mol. The van der Waals surface area contributed by atoms with E-state index in [2.05, 4.69) is 27.2 Å². The topological polar surface area (TPSA) is 64.9 Å². The molecule has 0 aliphatic carbocycles. The predicted octanol–water partition coefficient (Wildman–Crippen LogP) is 2.45. The van der Waals surface area contributed by atoms with Gasteiger partial charge in [-0.25, -0.2) is 0 Å². The van der Waals surface area contributed by atoms with Crippen LogP contribution >= 0.6 is 12.2 Å². The van der Waals surface area contributed by atoms with Crippen molar-refractivity contribution in [2.75, 3.05) is 38.3 Å². The molecular weight excluding hydrogens is 374 g/mol. The highest BCUT2D eigenvalue weighted by Crippen LogP contribution is 2.28. The lowest BCUT2D eigenvalue weighted by atomic mass is 9.93. The number of anilines is 1. The first-order valence-corrected chi connectivity index (χ1v) is 9.69. The van der Waals surface area contributed by atoms with Crippen molar-refractivity contribution >= 4 is 23.0 Å². The summed E-state index contributed by atoms with van der Waals surface area (Å²) >= 11 is 5.56. The van der Waals surface area contributed by atoms with Gasteiger partial charge in [-0.2, -0.15) is 0 Å². The Bertz CT molecular complexity index is 850. The molecule has 0 amide bonds. The van der Waals surface area contributed by atoms with Crippen LogP contribution < -0.4 is 5.32 Å². The van der Waals surface area contributed by atoms with E-state index in [0.717, 1.165) is 5.69 Å². The molecule has 2 bridgehead atoms. The van der Waals surface area contributed by atoms with Crippen LogP contribution in [-0.4, -0.2) is 63.2 Å². The molecule has 146 valence electrons. The summed E-state index contributed by atoms with van der Waals surface area (Å²) in [6.07, 6.45) is 0. The lowest BCUT2D eigenvalue weighted by molar-refractivity contribution is -0.579. The van der Waals surface area contributed by atoms with Crippen LogP contribution in [0, 0.1) is 10.1 Å². The third kappa shape index (κ3) is 3.99. The van der Waals surface area contributed by atoms with Crippen molar-refractivity contribution in [3.63, 3.8) is 0 Å². The summed E-state index contributed by atoms with van der Waals surface area (Å²) in [6.45, 7) is 3.15. The van der Waals surface area contributed by atoms with Crippen LogP contribution in [0.15, 0.2) is 60.7 Å². The normalized spacial score (nSPS) is 24.6. The van der Waals surface area contributed by atoms with Gasteiger partial charge in [0.2, 0.25) is 0 Å². The lowest BCUT2D eigenvalue weighted by Crippen LogP contribution is -2.72. The largest absolute Gasteiger partial charge is 0.333 e. The Morgan fingerprint density at radius 1 is 1.04 bits per heavy atom. The Morgan fingerprint density at radius 2 is 1.71 bits per heavy atom. The van der Waals surface area contributed by atoms with Crippen LogP contribution in [0.4, 0.5) is 5.69 Å². The number of hydrogen-bond donors (Lipinski definition) is 1. The molecule has 2 aromatic carbocycles. The lowest BCUT2D eigenvalue weighted by Gasteiger charge is -2.50. The van der Waals surface area contributed by atoms with Gasteiger partial charge in [0.05, 0.1) is 33.0 Å². The molecule has 2 heterocycles. The van der Waals surface area contributed by atoms with Gasteiger partial charge in [-0.15, -0.1) is 0 Å². The van der Waals surface area contributed by atoms with Gasteiger partial charge in [-0.1, -0.05) is 48.5 Å². The molecule has 0 aromatic heterocycles. The summed E-state index contributed by atoms with van der Waals surface area (Å²) in [6, 6.07) is 19.8. The van der Waals surface area contributed by atoms with Crippen molar-refractivity contribution in [2.45, 2.75) is 12.1 Å². The van der Waals surface area contributed by atoms with E-state index in [1.54, 1.807) is 0 Å². The molecule has 1 unspecified atom stereocenters. The SMILES string of the molecule is O=[N+]([O-])[C@]12CN(Cc3ccccc3)CN(CN(C(=S)Nc3ccccc3)C1)C2. The summed E-state index contributed by atoms with van der Waals surface area (Å²) in [7, 11) is 0. The second-order valence-corrected chi connectivity index (χ2v) is 7.95. The van der Waals surface area contributed by atoms with Crippen molar-refractivity contribution in [3.05, 3.63) is 76.3 Å². The first-order valence-electron chi connectivity index (χ1n) is 9.28. The number of thiocarbonyl (C=S) groups is 1. The van der Waals surface area contributed by atoms with Crippen molar-refractivity contribution in [1.82, 2.24) is 14.7 Å². The van der Waals surface area contributed by atoms with E-state index in [-0.39, 0.29) is 4.92 Å². The molecule has 2 fully saturated rings. The van der Waals surface area contributed by atoms with E-state index < -0.39 is 5.54 Å². The van der Waals surface area contributed by atoms with Gasteiger partial charge in [-0.3, -0.25) is 19.9 Å². The Labute approximate surface area is 169 Å². The van der Waals surface area contributed by atoms with Gasteiger partial charge >= 0.3 is 0 Å². The van der Waals surface area contributed by atoms with E-state index in [1.807, 2.05) is 53.4 Å². The van der Waals surface area contributed by atoms with Gasteiger partial charge in [0.1, 0.15) is 0 Å². The molecule has 4 rings (SSSR count). The van der Waals surface area contributed by atoms with Crippen molar-refractivity contribution in [3.8, 4) is 0 Å². The van der Waals surface area contributed by atoms with Crippen LogP contribution in [0.1, 0.15) is 5.56 Å². The van der Waals surface area contributed by atoms with Crippen molar-refractivity contribution < 1.29 is 4.92 Å². The van der Waals surface area contributed by atoms with E-state index >= 15 is 0 Å². The van der Waals surface area contributed by atoms with Crippen LogP contribution in [-0.2, 0) is 6.54 Å². The van der Waals surface area contributed by atoms with Gasteiger partial charge in [0.25, 0.3) is 5.54 Å². The highest BCUT2D eigenvalue weighted by Gasteiger charge is 2.54. The number of nitrogens with one attached hydrogen (secondary N) is 1. The van der Waals surface area contributed by atoms with Crippen LogP contribution in [0.3, 0.4) is 0 Å². The molecule has 2 atom stereocenters. The number of nitrogens with zero attached hydrogens (tertiary/aromatic N) is 4. The average Bonchev–Trinajstić information content (AvgIpc) is 2.68. The quantitative estimate of drug-likeness (QED) is 0.483. The minimum atomic E-state index is -1.05. The predicted molar refractivity (Wildman–Crippen MR) is 112 cm³/mol. The summed E-state index contributed by atoms with van der Waals surface area (Å²) < 4.78 is 0. The van der Waals surface area contributed by atoms with E-state index in [0.29, 0.717) is 44.6 Å². The fourth-order valence-corrected chi connectivity index (χ4v) is 4.33. The molecule has 1 N–H and O–H groups in total. The van der Waals surface area contributed by atoms with E-state index in [4.69, 9.17) is 12.2 Å². The molecule has 0 radical (unpaired) electrons. The maximum absolute atomic E-state index is 12.1. The summed E-state index contributed by atoms with van der Waals surface area (Å²) in [5.74, 6) is 0.